The molecule has 1 aliphatic rings. The second-order valence-electron chi connectivity index (χ2n) is 4.85. The highest BCUT2D eigenvalue weighted by molar-refractivity contribution is 5.96. The molecule has 0 saturated carbocycles. The number of aryl methyl sites for hydroxylation is 1. The number of nitrogens with two attached hydrogens (primary N) is 1. The van der Waals surface area contributed by atoms with Crippen LogP contribution in [-0.2, 0) is 16.0 Å². The molecule has 0 aliphatic carbocycles. The zero-order valence-electron chi connectivity index (χ0n) is 11.0. The first-order chi connectivity index (χ1) is 8.58. The van der Waals surface area contributed by atoms with Gasteiger partial charge in [0.05, 0.1) is 12.7 Å². The highest BCUT2D eigenvalue weighted by Crippen LogP contribution is 2.29. The Bertz CT molecular complexity index is 443. The molecule has 0 fully saturated rings. The van der Waals surface area contributed by atoms with E-state index in [4.69, 9.17) is 10.5 Å². The molecule has 0 bridgehead atoms. The van der Waals surface area contributed by atoms with Crippen LogP contribution in [0.2, 0.25) is 0 Å². The molecular weight excluding hydrogens is 228 g/mol. The van der Waals surface area contributed by atoms with E-state index >= 15 is 0 Å². The molecule has 1 heterocycles. The number of amides is 1. The Balaban J connectivity index is 2.12. The molecule has 98 valence electrons. The minimum atomic E-state index is 0.166. The number of nitrogens with zero attached hydrogens (tertiary/aromatic N) is 1. The van der Waals surface area contributed by atoms with Crippen molar-refractivity contribution in [3.8, 4) is 0 Å². The van der Waals surface area contributed by atoms with E-state index in [1.807, 2.05) is 32.0 Å². The molecule has 0 radical (unpaired) electrons. The number of hydrogen-bond donors (Lipinski definition) is 1. The van der Waals surface area contributed by atoms with Crippen LogP contribution < -0.4 is 10.6 Å². The number of carbonyl (C=O) groups is 1. The van der Waals surface area contributed by atoms with Gasteiger partial charge >= 0.3 is 0 Å². The minimum absolute atomic E-state index is 0.166. The molecule has 1 amide bonds. The van der Waals surface area contributed by atoms with Gasteiger partial charge in [-0.3, -0.25) is 4.79 Å². The fourth-order valence-corrected chi connectivity index (χ4v) is 2.20. The van der Waals surface area contributed by atoms with Gasteiger partial charge in [0, 0.05) is 24.3 Å². The number of benzene rings is 1. The van der Waals surface area contributed by atoms with Gasteiger partial charge in [-0.15, -0.1) is 0 Å². The SMILES string of the molecule is CC(C)OCCN1C(=O)CCc2cc(N)ccc21. The van der Waals surface area contributed by atoms with Gasteiger partial charge in [0.1, 0.15) is 0 Å². The lowest BCUT2D eigenvalue weighted by molar-refractivity contribution is -0.119. The van der Waals surface area contributed by atoms with Gasteiger partial charge < -0.3 is 15.4 Å². The van der Waals surface area contributed by atoms with Crippen molar-refractivity contribution in [3.05, 3.63) is 23.8 Å². The molecule has 0 saturated heterocycles. The van der Waals surface area contributed by atoms with Crippen LogP contribution in [0.15, 0.2) is 18.2 Å². The predicted molar refractivity (Wildman–Crippen MR) is 72.6 cm³/mol. The van der Waals surface area contributed by atoms with Crippen molar-refractivity contribution in [2.24, 2.45) is 0 Å². The third-order valence-electron chi connectivity index (χ3n) is 3.07. The van der Waals surface area contributed by atoms with Gasteiger partial charge in [-0.05, 0) is 44.0 Å². The van der Waals surface area contributed by atoms with E-state index in [9.17, 15) is 4.79 Å². The fraction of sp³-hybridized carbons (Fsp3) is 0.500. The normalized spacial score (nSPS) is 15.1. The van der Waals surface area contributed by atoms with Crippen molar-refractivity contribution in [3.63, 3.8) is 0 Å². The smallest absolute Gasteiger partial charge is 0.227 e. The first kappa shape index (κ1) is 12.9. The summed E-state index contributed by atoms with van der Waals surface area (Å²) in [6, 6.07) is 5.73. The Kier molecular flexibility index (Phi) is 3.87. The Labute approximate surface area is 108 Å². The first-order valence-electron chi connectivity index (χ1n) is 6.38. The van der Waals surface area contributed by atoms with Crippen LogP contribution in [0.1, 0.15) is 25.8 Å². The number of nitrogen functional groups attached to an aromatic ring is 1. The van der Waals surface area contributed by atoms with Crippen molar-refractivity contribution in [2.75, 3.05) is 23.8 Å². The van der Waals surface area contributed by atoms with Gasteiger partial charge in [0.15, 0.2) is 0 Å². The quantitative estimate of drug-likeness (QED) is 0.829. The van der Waals surface area contributed by atoms with Crippen LogP contribution in [0.5, 0.6) is 0 Å². The molecule has 1 aromatic rings. The Morgan fingerprint density at radius 2 is 2.17 bits per heavy atom. The molecule has 4 nitrogen and oxygen atoms in total. The molecule has 18 heavy (non-hydrogen) atoms. The fourth-order valence-electron chi connectivity index (χ4n) is 2.20. The van der Waals surface area contributed by atoms with E-state index in [0.717, 1.165) is 23.4 Å². The molecule has 0 aromatic heterocycles. The Morgan fingerprint density at radius 1 is 1.39 bits per heavy atom. The largest absolute Gasteiger partial charge is 0.399 e. The second kappa shape index (κ2) is 5.40. The molecular formula is C14H20N2O2. The highest BCUT2D eigenvalue weighted by Gasteiger charge is 2.23. The average Bonchev–Trinajstić information content (AvgIpc) is 2.31. The molecule has 1 aliphatic heterocycles. The molecule has 0 spiro atoms. The van der Waals surface area contributed by atoms with E-state index < -0.39 is 0 Å². The van der Waals surface area contributed by atoms with Crippen molar-refractivity contribution < 1.29 is 9.53 Å². The second-order valence-corrected chi connectivity index (χ2v) is 4.85. The zero-order valence-corrected chi connectivity index (χ0v) is 11.0. The number of anilines is 2. The van der Waals surface area contributed by atoms with Crippen LogP contribution in [0, 0.1) is 0 Å². The van der Waals surface area contributed by atoms with Crippen LogP contribution in [-0.4, -0.2) is 25.2 Å². The van der Waals surface area contributed by atoms with E-state index in [1.165, 1.54) is 0 Å². The van der Waals surface area contributed by atoms with E-state index in [2.05, 4.69) is 0 Å². The minimum Gasteiger partial charge on any atom is -0.399 e. The molecule has 4 heteroatoms. The standard InChI is InChI=1S/C14H20N2O2/c1-10(2)18-8-7-16-13-5-4-12(15)9-11(13)3-6-14(16)17/h4-5,9-10H,3,6-8,15H2,1-2H3. The molecule has 1 aromatic carbocycles. The monoisotopic (exact) mass is 248 g/mol. The zero-order chi connectivity index (χ0) is 13.1. The Hall–Kier alpha value is -1.55. The number of carbonyl (C=O) groups excluding carboxylic acids is 1. The van der Waals surface area contributed by atoms with Crippen LogP contribution >= 0.6 is 0 Å². The molecule has 0 atom stereocenters. The lowest BCUT2D eigenvalue weighted by Crippen LogP contribution is -2.38. The van der Waals surface area contributed by atoms with Crippen LogP contribution in [0.4, 0.5) is 11.4 Å². The molecule has 0 unspecified atom stereocenters. The summed E-state index contributed by atoms with van der Waals surface area (Å²) in [4.78, 5) is 13.8. The maximum Gasteiger partial charge on any atom is 0.227 e. The summed E-state index contributed by atoms with van der Waals surface area (Å²) >= 11 is 0. The van der Waals surface area contributed by atoms with E-state index in [1.54, 1.807) is 4.90 Å². The summed E-state index contributed by atoms with van der Waals surface area (Å²) < 4.78 is 5.51. The Morgan fingerprint density at radius 3 is 2.89 bits per heavy atom. The number of ether oxygens (including phenoxy) is 1. The summed E-state index contributed by atoms with van der Waals surface area (Å²) in [5, 5.41) is 0. The third kappa shape index (κ3) is 2.82. The highest BCUT2D eigenvalue weighted by atomic mass is 16.5. The first-order valence-corrected chi connectivity index (χ1v) is 6.38. The summed E-state index contributed by atoms with van der Waals surface area (Å²) in [5.74, 6) is 0.166. The maximum absolute atomic E-state index is 12.0. The van der Waals surface area contributed by atoms with Gasteiger partial charge in [-0.25, -0.2) is 0 Å². The third-order valence-corrected chi connectivity index (χ3v) is 3.07. The van der Waals surface area contributed by atoms with Gasteiger partial charge in [-0.1, -0.05) is 0 Å². The number of hydrogen-bond acceptors (Lipinski definition) is 3. The van der Waals surface area contributed by atoms with Crippen molar-refractivity contribution in [2.45, 2.75) is 32.8 Å². The molecule has 2 N–H and O–H groups in total. The number of rotatable bonds is 4. The lowest BCUT2D eigenvalue weighted by atomic mass is 10.0. The van der Waals surface area contributed by atoms with Crippen molar-refractivity contribution in [1.82, 2.24) is 0 Å². The molecule has 2 rings (SSSR count). The van der Waals surface area contributed by atoms with E-state index in [0.29, 0.717) is 19.6 Å². The van der Waals surface area contributed by atoms with Gasteiger partial charge in [0.2, 0.25) is 5.91 Å². The van der Waals surface area contributed by atoms with E-state index in [-0.39, 0.29) is 12.0 Å². The number of fused-ring (bicyclic) bond motifs is 1. The summed E-state index contributed by atoms with van der Waals surface area (Å²) in [6.07, 6.45) is 1.52. The van der Waals surface area contributed by atoms with Gasteiger partial charge in [-0.2, -0.15) is 0 Å². The van der Waals surface area contributed by atoms with Crippen LogP contribution in [0.25, 0.3) is 0 Å². The average molecular weight is 248 g/mol. The predicted octanol–water partition coefficient (Wildman–Crippen LogP) is 1.97. The topological polar surface area (TPSA) is 55.6 Å². The maximum atomic E-state index is 12.0. The lowest BCUT2D eigenvalue weighted by Gasteiger charge is -2.29. The summed E-state index contributed by atoms with van der Waals surface area (Å²) in [6.45, 7) is 5.15. The van der Waals surface area contributed by atoms with Gasteiger partial charge in [0.25, 0.3) is 0 Å². The summed E-state index contributed by atoms with van der Waals surface area (Å²) in [5.41, 5.74) is 8.66. The van der Waals surface area contributed by atoms with Crippen LogP contribution in [0.3, 0.4) is 0 Å². The van der Waals surface area contributed by atoms with Crippen molar-refractivity contribution >= 4 is 17.3 Å². The van der Waals surface area contributed by atoms with Crippen molar-refractivity contribution in [1.29, 1.82) is 0 Å². The summed E-state index contributed by atoms with van der Waals surface area (Å²) in [7, 11) is 0.